The third-order valence-electron chi connectivity index (χ3n) is 3.22. The molecule has 0 aromatic heterocycles. The average molecular weight is 297 g/mol. The first-order valence-electron chi connectivity index (χ1n) is 6.40. The standard InChI is InChI=1S/C15H21BrO/c1-4-6-7-12(5-2)15(17)14-9-8-13(16)10-11(14)3/h8-10,12H,4-7H2,1-3H3. The molecular weight excluding hydrogens is 276 g/mol. The van der Waals surface area contributed by atoms with Crippen LogP contribution < -0.4 is 0 Å². The largest absolute Gasteiger partial charge is 0.294 e. The van der Waals surface area contributed by atoms with E-state index in [1.807, 2.05) is 25.1 Å². The number of Topliss-reactive ketones (excluding diaryl/α,β-unsaturated/α-hetero) is 1. The molecule has 0 saturated carbocycles. The van der Waals surface area contributed by atoms with Gasteiger partial charge in [0.1, 0.15) is 0 Å². The van der Waals surface area contributed by atoms with Gasteiger partial charge in [-0.2, -0.15) is 0 Å². The topological polar surface area (TPSA) is 17.1 Å². The van der Waals surface area contributed by atoms with Crippen LogP contribution in [0.2, 0.25) is 0 Å². The molecule has 0 heterocycles. The van der Waals surface area contributed by atoms with Gasteiger partial charge >= 0.3 is 0 Å². The van der Waals surface area contributed by atoms with Gasteiger partial charge in [-0.1, -0.05) is 48.7 Å². The molecule has 0 aliphatic heterocycles. The molecular formula is C15H21BrO. The van der Waals surface area contributed by atoms with Gasteiger partial charge in [-0.05, 0) is 37.5 Å². The normalized spacial score (nSPS) is 12.5. The van der Waals surface area contributed by atoms with E-state index in [2.05, 4.69) is 29.8 Å². The van der Waals surface area contributed by atoms with Crippen molar-refractivity contribution in [1.82, 2.24) is 0 Å². The van der Waals surface area contributed by atoms with Gasteiger partial charge in [-0.15, -0.1) is 0 Å². The summed E-state index contributed by atoms with van der Waals surface area (Å²) in [6, 6.07) is 5.91. The predicted molar refractivity (Wildman–Crippen MR) is 76.5 cm³/mol. The van der Waals surface area contributed by atoms with Crippen molar-refractivity contribution in [2.24, 2.45) is 5.92 Å². The summed E-state index contributed by atoms with van der Waals surface area (Å²) in [7, 11) is 0. The van der Waals surface area contributed by atoms with E-state index in [4.69, 9.17) is 0 Å². The van der Waals surface area contributed by atoms with Gasteiger partial charge in [0.2, 0.25) is 0 Å². The molecule has 94 valence electrons. The van der Waals surface area contributed by atoms with Crippen LogP contribution in [-0.2, 0) is 0 Å². The third-order valence-corrected chi connectivity index (χ3v) is 3.72. The minimum absolute atomic E-state index is 0.190. The van der Waals surface area contributed by atoms with Crippen molar-refractivity contribution in [2.75, 3.05) is 0 Å². The average Bonchev–Trinajstić information content (AvgIpc) is 2.29. The number of carbonyl (C=O) groups is 1. The molecule has 1 aromatic rings. The molecule has 0 fully saturated rings. The van der Waals surface area contributed by atoms with Crippen LogP contribution in [0.5, 0.6) is 0 Å². The second kappa shape index (κ2) is 6.95. The van der Waals surface area contributed by atoms with E-state index in [1.54, 1.807) is 0 Å². The van der Waals surface area contributed by atoms with Gasteiger partial charge in [0.15, 0.2) is 5.78 Å². The summed E-state index contributed by atoms with van der Waals surface area (Å²) >= 11 is 3.43. The van der Waals surface area contributed by atoms with Crippen LogP contribution in [0.25, 0.3) is 0 Å². The summed E-state index contributed by atoms with van der Waals surface area (Å²) in [6.07, 6.45) is 4.25. The first-order valence-corrected chi connectivity index (χ1v) is 7.19. The van der Waals surface area contributed by atoms with Crippen molar-refractivity contribution in [2.45, 2.75) is 46.5 Å². The minimum Gasteiger partial charge on any atom is -0.294 e. The van der Waals surface area contributed by atoms with E-state index in [9.17, 15) is 4.79 Å². The van der Waals surface area contributed by atoms with Crippen LogP contribution in [0, 0.1) is 12.8 Å². The van der Waals surface area contributed by atoms with Crippen LogP contribution in [0.1, 0.15) is 55.5 Å². The monoisotopic (exact) mass is 296 g/mol. The first kappa shape index (κ1) is 14.4. The molecule has 17 heavy (non-hydrogen) atoms. The smallest absolute Gasteiger partial charge is 0.166 e. The third kappa shape index (κ3) is 3.95. The highest BCUT2D eigenvalue weighted by Crippen LogP contribution is 2.23. The highest BCUT2D eigenvalue weighted by atomic mass is 79.9. The van der Waals surface area contributed by atoms with Gasteiger partial charge in [0, 0.05) is 16.0 Å². The van der Waals surface area contributed by atoms with Crippen molar-refractivity contribution in [3.8, 4) is 0 Å². The zero-order valence-electron chi connectivity index (χ0n) is 10.9. The zero-order chi connectivity index (χ0) is 12.8. The second-order valence-electron chi connectivity index (χ2n) is 4.57. The summed E-state index contributed by atoms with van der Waals surface area (Å²) < 4.78 is 1.04. The highest BCUT2D eigenvalue weighted by molar-refractivity contribution is 9.10. The van der Waals surface area contributed by atoms with Crippen LogP contribution >= 0.6 is 15.9 Å². The number of carbonyl (C=O) groups excluding carboxylic acids is 1. The summed E-state index contributed by atoms with van der Waals surface area (Å²) in [5.74, 6) is 0.501. The van der Waals surface area contributed by atoms with Crippen LogP contribution in [-0.4, -0.2) is 5.78 Å². The summed E-state index contributed by atoms with van der Waals surface area (Å²) in [4.78, 5) is 12.4. The molecule has 0 aliphatic carbocycles. The Kier molecular flexibility index (Phi) is 5.90. The Labute approximate surface area is 113 Å². The predicted octanol–water partition coefficient (Wildman–Crippen LogP) is 5.16. The fourth-order valence-corrected chi connectivity index (χ4v) is 2.57. The van der Waals surface area contributed by atoms with Gasteiger partial charge in [-0.25, -0.2) is 0 Å². The van der Waals surface area contributed by atoms with E-state index in [0.29, 0.717) is 5.78 Å². The lowest BCUT2D eigenvalue weighted by Crippen LogP contribution is -2.15. The minimum atomic E-state index is 0.190. The van der Waals surface area contributed by atoms with Crippen molar-refractivity contribution >= 4 is 21.7 Å². The van der Waals surface area contributed by atoms with Crippen molar-refractivity contribution < 1.29 is 4.79 Å². The molecule has 1 rings (SSSR count). The van der Waals surface area contributed by atoms with Crippen molar-refractivity contribution in [1.29, 1.82) is 0 Å². The number of ketones is 1. The Morgan fingerprint density at radius 3 is 2.59 bits per heavy atom. The quantitative estimate of drug-likeness (QED) is 0.663. The fraction of sp³-hybridized carbons (Fsp3) is 0.533. The Bertz CT molecular complexity index is 385. The molecule has 1 nitrogen and oxygen atoms in total. The highest BCUT2D eigenvalue weighted by Gasteiger charge is 2.19. The van der Waals surface area contributed by atoms with E-state index in [1.165, 1.54) is 0 Å². The molecule has 1 unspecified atom stereocenters. The van der Waals surface area contributed by atoms with Crippen LogP contribution in [0.3, 0.4) is 0 Å². The first-order chi connectivity index (χ1) is 8.10. The van der Waals surface area contributed by atoms with Crippen LogP contribution in [0.4, 0.5) is 0 Å². The number of unbranched alkanes of at least 4 members (excludes halogenated alkanes) is 1. The fourth-order valence-electron chi connectivity index (χ4n) is 2.09. The van der Waals surface area contributed by atoms with Crippen LogP contribution in [0.15, 0.2) is 22.7 Å². The zero-order valence-corrected chi connectivity index (χ0v) is 12.5. The van der Waals surface area contributed by atoms with E-state index in [-0.39, 0.29) is 5.92 Å². The number of hydrogen-bond acceptors (Lipinski definition) is 1. The summed E-state index contributed by atoms with van der Waals surface area (Å²) in [5, 5.41) is 0. The summed E-state index contributed by atoms with van der Waals surface area (Å²) in [6.45, 7) is 6.28. The Morgan fingerprint density at radius 2 is 2.06 bits per heavy atom. The molecule has 0 amide bonds. The van der Waals surface area contributed by atoms with Crippen molar-refractivity contribution in [3.05, 3.63) is 33.8 Å². The van der Waals surface area contributed by atoms with Gasteiger partial charge < -0.3 is 0 Å². The SMILES string of the molecule is CCCCC(CC)C(=O)c1ccc(Br)cc1C. The van der Waals surface area contributed by atoms with Gasteiger partial charge in [-0.3, -0.25) is 4.79 Å². The summed E-state index contributed by atoms with van der Waals surface area (Å²) in [5.41, 5.74) is 1.95. The maximum Gasteiger partial charge on any atom is 0.166 e. The molecule has 0 saturated heterocycles. The van der Waals surface area contributed by atoms with Gasteiger partial charge in [0.25, 0.3) is 0 Å². The number of aryl methyl sites for hydroxylation is 1. The molecule has 0 radical (unpaired) electrons. The second-order valence-corrected chi connectivity index (χ2v) is 5.49. The Morgan fingerprint density at radius 1 is 1.35 bits per heavy atom. The molecule has 0 N–H and O–H groups in total. The van der Waals surface area contributed by atoms with E-state index < -0.39 is 0 Å². The van der Waals surface area contributed by atoms with E-state index >= 15 is 0 Å². The molecule has 1 atom stereocenters. The molecule has 0 spiro atoms. The lowest BCUT2D eigenvalue weighted by Gasteiger charge is -2.14. The number of hydrogen-bond donors (Lipinski definition) is 0. The number of rotatable bonds is 6. The molecule has 1 aromatic carbocycles. The Balaban J connectivity index is 2.86. The molecule has 0 bridgehead atoms. The van der Waals surface area contributed by atoms with Gasteiger partial charge in [0.05, 0.1) is 0 Å². The lowest BCUT2D eigenvalue weighted by molar-refractivity contribution is 0.0907. The molecule has 0 aliphatic rings. The maximum atomic E-state index is 12.4. The lowest BCUT2D eigenvalue weighted by atomic mass is 9.89. The Hall–Kier alpha value is -0.630. The van der Waals surface area contributed by atoms with E-state index in [0.717, 1.165) is 41.3 Å². The molecule has 2 heteroatoms. The number of benzene rings is 1. The number of halogens is 1. The van der Waals surface area contributed by atoms with Crippen molar-refractivity contribution in [3.63, 3.8) is 0 Å². The maximum absolute atomic E-state index is 12.4.